The molecule has 3 saturated heterocycles. The minimum absolute atomic E-state index is 0.0739. The molecule has 0 unspecified atom stereocenters. The first-order valence-electron chi connectivity index (χ1n) is 10.8. The maximum absolute atomic E-state index is 13.2. The second-order valence-corrected chi connectivity index (χ2v) is 8.55. The zero-order chi connectivity index (χ0) is 19.7. The quantitative estimate of drug-likeness (QED) is 0.793. The van der Waals surface area contributed by atoms with Crippen molar-refractivity contribution in [3.63, 3.8) is 0 Å². The number of halogens is 1. The van der Waals surface area contributed by atoms with E-state index in [-0.39, 0.29) is 17.8 Å². The molecule has 3 atom stereocenters. The van der Waals surface area contributed by atoms with E-state index in [1.165, 1.54) is 38.1 Å². The van der Waals surface area contributed by atoms with E-state index in [2.05, 4.69) is 33.4 Å². The maximum Gasteiger partial charge on any atom is 0.239 e. The lowest BCUT2D eigenvalue weighted by molar-refractivity contribution is -0.137. The molecule has 0 radical (unpaired) electrons. The van der Waals surface area contributed by atoms with Crippen LogP contribution in [0.3, 0.4) is 0 Å². The van der Waals surface area contributed by atoms with Gasteiger partial charge in [0.2, 0.25) is 5.91 Å². The van der Waals surface area contributed by atoms with Crippen LogP contribution < -0.4 is 4.90 Å². The Morgan fingerprint density at radius 3 is 2.29 bits per heavy atom. The molecule has 5 nitrogen and oxygen atoms in total. The zero-order valence-corrected chi connectivity index (χ0v) is 17.2. The third kappa shape index (κ3) is 3.90. The van der Waals surface area contributed by atoms with Gasteiger partial charge in [0.1, 0.15) is 5.82 Å². The van der Waals surface area contributed by atoms with Gasteiger partial charge >= 0.3 is 0 Å². The molecule has 1 aromatic carbocycles. The Hall–Kier alpha value is -1.66. The van der Waals surface area contributed by atoms with Gasteiger partial charge in [0.05, 0.1) is 6.04 Å². The molecule has 0 saturated carbocycles. The number of nitrogens with zero attached hydrogens (tertiary/aromatic N) is 4. The lowest BCUT2D eigenvalue weighted by Crippen LogP contribution is -2.56. The molecule has 3 heterocycles. The van der Waals surface area contributed by atoms with E-state index < -0.39 is 0 Å². The van der Waals surface area contributed by atoms with E-state index in [1.807, 2.05) is 12.1 Å². The zero-order valence-electron chi connectivity index (χ0n) is 17.2. The smallest absolute Gasteiger partial charge is 0.239 e. The highest BCUT2D eigenvalue weighted by molar-refractivity contribution is 5.82. The summed E-state index contributed by atoms with van der Waals surface area (Å²) in [6, 6.07) is 7.48. The first-order valence-corrected chi connectivity index (χ1v) is 10.8. The average molecular weight is 389 g/mol. The van der Waals surface area contributed by atoms with Crippen LogP contribution in [0.2, 0.25) is 0 Å². The molecule has 6 heteroatoms. The van der Waals surface area contributed by atoms with Gasteiger partial charge in [0.25, 0.3) is 0 Å². The number of benzene rings is 1. The SMILES string of the molecule is C[C@H](C(=O)N1CC[C@@H](N2CCCC2)[C@@H]1C)N1CCN(c2ccc(F)cc2)CC1. The highest BCUT2D eigenvalue weighted by Crippen LogP contribution is 2.27. The normalized spacial score (nSPS) is 28.1. The summed E-state index contributed by atoms with van der Waals surface area (Å²) < 4.78 is 13.1. The van der Waals surface area contributed by atoms with E-state index in [0.717, 1.165) is 44.8 Å². The number of rotatable bonds is 4. The molecule has 0 bridgehead atoms. The van der Waals surface area contributed by atoms with Crippen molar-refractivity contribution in [2.45, 2.75) is 51.2 Å². The molecular formula is C22H33FN4O. The number of likely N-dealkylation sites (tertiary alicyclic amines) is 2. The molecule has 4 rings (SSSR count). The van der Waals surface area contributed by atoms with Crippen LogP contribution >= 0.6 is 0 Å². The number of anilines is 1. The first kappa shape index (κ1) is 19.6. The van der Waals surface area contributed by atoms with Gasteiger partial charge in [-0.25, -0.2) is 4.39 Å². The number of hydrogen-bond donors (Lipinski definition) is 0. The molecule has 1 amide bonds. The van der Waals surface area contributed by atoms with Crippen LogP contribution in [-0.4, -0.2) is 84.5 Å². The van der Waals surface area contributed by atoms with Gasteiger partial charge in [-0.3, -0.25) is 14.6 Å². The second-order valence-electron chi connectivity index (χ2n) is 8.55. The minimum atomic E-state index is -0.200. The van der Waals surface area contributed by atoms with E-state index in [9.17, 15) is 9.18 Å². The van der Waals surface area contributed by atoms with Crippen molar-refractivity contribution in [1.82, 2.24) is 14.7 Å². The van der Waals surface area contributed by atoms with Crippen LogP contribution in [0.5, 0.6) is 0 Å². The van der Waals surface area contributed by atoms with Crippen LogP contribution in [0.15, 0.2) is 24.3 Å². The van der Waals surface area contributed by atoms with E-state index >= 15 is 0 Å². The second kappa shape index (κ2) is 8.37. The third-order valence-corrected chi connectivity index (χ3v) is 7.02. The van der Waals surface area contributed by atoms with Crippen molar-refractivity contribution in [1.29, 1.82) is 0 Å². The van der Waals surface area contributed by atoms with Gasteiger partial charge < -0.3 is 9.80 Å². The average Bonchev–Trinajstić information content (AvgIpc) is 3.37. The molecule has 3 fully saturated rings. The molecule has 154 valence electrons. The molecule has 0 N–H and O–H groups in total. The van der Waals surface area contributed by atoms with E-state index in [4.69, 9.17) is 0 Å². The monoisotopic (exact) mass is 388 g/mol. The number of carbonyl (C=O) groups is 1. The Kier molecular flexibility index (Phi) is 5.88. The van der Waals surface area contributed by atoms with Crippen LogP contribution in [0.4, 0.5) is 10.1 Å². The fourth-order valence-corrected chi connectivity index (χ4v) is 5.21. The summed E-state index contributed by atoms with van der Waals surface area (Å²) in [5.74, 6) is 0.0815. The summed E-state index contributed by atoms with van der Waals surface area (Å²) in [5, 5.41) is 0. The number of hydrogen-bond acceptors (Lipinski definition) is 4. The van der Waals surface area contributed by atoms with Gasteiger partial charge in [-0.05, 0) is 70.5 Å². The summed E-state index contributed by atoms with van der Waals surface area (Å²) in [7, 11) is 0. The van der Waals surface area contributed by atoms with Crippen molar-refractivity contribution < 1.29 is 9.18 Å². The van der Waals surface area contributed by atoms with Crippen molar-refractivity contribution >= 4 is 11.6 Å². The first-order chi connectivity index (χ1) is 13.5. The summed E-state index contributed by atoms with van der Waals surface area (Å²) in [4.78, 5) is 22.5. The Morgan fingerprint density at radius 1 is 1.00 bits per heavy atom. The predicted octanol–water partition coefficient (Wildman–Crippen LogP) is 2.42. The van der Waals surface area contributed by atoms with Crippen LogP contribution in [-0.2, 0) is 4.79 Å². The Morgan fingerprint density at radius 2 is 1.64 bits per heavy atom. The van der Waals surface area contributed by atoms with Gasteiger partial charge in [0.15, 0.2) is 0 Å². The Labute approximate surface area is 168 Å². The van der Waals surface area contributed by atoms with Crippen LogP contribution in [0, 0.1) is 5.82 Å². The van der Waals surface area contributed by atoms with Gasteiger partial charge in [0, 0.05) is 50.5 Å². The molecule has 0 aromatic heterocycles. The van der Waals surface area contributed by atoms with Crippen molar-refractivity contribution in [2.75, 3.05) is 50.7 Å². The third-order valence-electron chi connectivity index (χ3n) is 7.02. The predicted molar refractivity (Wildman–Crippen MR) is 110 cm³/mol. The topological polar surface area (TPSA) is 30.0 Å². The summed E-state index contributed by atoms with van der Waals surface area (Å²) in [5.41, 5.74) is 1.06. The molecule has 0 spiro atoms. The van der Waals surface area contributed by atoms with Crippen LogP contribution in [0.1, 0.15) is 33.1 Å². The van der Waals surface area contributed by atoms with Crippen molar-refractivity contribution in [3.8, 4) is 0 Å². The fraction of sp³-hybridized carbons (Fsp3) is 0.682. The highest BCUT2D eigenvalue weighted by atomic mass is 19.1. The largest absolute Gasteiger partial charge is 0.369 e. The Balaban J connectivity index is 1.31. The highest BCUT2D eigenvalue weighted by Gasteiger charge is 2.40. The van der Waals surface area contributed by atoms with E-state index in [0.29, 0.717) is 12.1 Å². The summed E-state index contributed by atoms with van der Waals surface area (Å²) in [6.45, 7) is 11.0. The minimum Gasteiger partial charge on any atom is -0.369 e. The number of piperazine rings is 1. The van der Waals surface area contributed by atoms with Crippen molar-refractivity contribution in [3.05, 3.63) is 30.1 Å². The molecule has 3 aliphatic heterocycles. The molecular weight excluding hydrogens is 355 g/mol. The van der Waals surface area contributed by atoms with E-state index in [1.54, 1.807) is 0 Å². The molecule has 3 aliphatic rings. The molecule has 0 aliphatic carbocycles. The lowest BCUT2D eigenvalue weighted by Gasteiger charge is -2.40. The van der Waals surface area contributed by atoms with Crippen LogP contribution in [0.25, 0.3) is 0 Å². The maximum atomic E-state index is 13.2. The fourth-order valence-electron chi connectivity index (χ4n) is 5.21. The standard InChI is InChI=1S/C22H33FN4O/c1-17-21(26-10-3-4-11-26)9-12-27(17)22(28)18(2)24-13-15-25(16-14-24)20-7-5-19(23)6-8-20/h5-8,17-18,21H,3-4,9-16H2,1-2H3/t17-,18+,21+/m0/s1. The molecule has 1 aromatic rings. The van der Waals surface area contributed by atoms with Gasteiger partial charge in [-0.15, -0.1) is 0 Å². The van der Waals surface area contributed by atoms with Gasteiger partial charge in [-0.2, -0.15) is 0 Å². The summed E-state index contributed by atoms with van der Waals surface area (Å²) in [6.07, 6.45) is 3.70. The van der Waals surface area contributed by atoms with Crippen molar-refractivity contribution in [2.24, 2.45) is 0 Å². The number of amides is 1. The Bertz CT molecular complexity index is 668. The molecule has 28 heavy (non-hydrogen) atoms. The van der Waals surface area contributed by atoms with Gasteiger partial charge in [-0.1, -0.05) is 0 Å². The lowest BCUT2D eigenvalue weighted by atomic mass is 10.1. The summed E-state index contributed by atoms with van der Waals surface area (Å²) >= 11 is 0. The number of carbonyl (C=O) groups excluding carboxylic acids is 1.